The highest BCUT2D eigenvalue weighted by atomic mass is 16.3. The van der Waals surface area contributed by atoms with Crippen LogP contribution in [-0.4, -0.2) is 48.2 Å². The third-order valence-electron chi connectivity index (χ3n) is 3.66. The van der Waals surface area contributed by atoms with Gasteiger partial charge in [0, 0.05) is 6.42 Å². The van der Waals surface area contributed by atoms with Crippen LogP contribution >= 0.6 is 0 Å². The summed E-state index contributed by atoms with van der Waals surface area (Å²) in [5, 5.41) is 9.20. The van der Waals surface area contributed by atoms with Crippen LogP contribution in [0.25, 0.3) is 0 Å². The Labute approximate surface area is 105 Å². The molecule has 0 spiro atoms. The summed E-state index contributed by atoms with van der Waals surface area (Å²) in [6.07, 6.45) is 9.07. The molecule has 17 heavy (non-hydrogen) atoms. The number of nitrogens with zero attached hydrogens (tertiary/aromatic N) is 2. The predicted octanol–water partition coefficient (Wildman–Crippen LogP) is 2.36. The third kappa shape index (κ3) is 3.93. The van der Waals surface area contributed by atoms with Crippen molar-refractivity contribution < 1.29 is 9.59 Å². The minimum Gasteiger partial charge on any atom is -0.390 e. The minimum atomic E-state index is 0.262. The number of hydrogen-bond acceptors (Lipinski definition) is 2. The SMILES string of the molecule is CCC/C=C/CCC1=NCC[N+]1(CC)CCO. The van der Waals surface area contributed by atoms with Crippen molar-refractivity contribution in [3.63, 3.8) is 0 Å². The second kappa shape index (κ2) is 7.62. The maximum atomic E-state index is 9.20. The Hall–Kier alpha value is -0.670. The van der Waals surface area contributed by atoms with Gasteiger partial charge in [0.2, 0.25) is 0 Å². The van der Waals surface area contributed by atoms with E-state index in [1.807, 2.05) is 0 Å². The summed E-state index contributed by atoms with van der Waals surface area (Å²) in [6.45, 7) is 8.55. The van der Waals surface area contributed by atoms with Gasteiger partial charge in [-0.25, -0.2) is 4.99 Å². The Balaban J connectivity index is 2.45. The standard InChI is InChI=1S/C14H27N2O/c1-3-5-6-7-8-9-14-15-10-11-16(14,4-2)12-13-17/h6-7,17H,3-5,8-13H2,1-2H3/q+1/b7-6+. The molecular weight excluding hydrogens is 212 g/mol. The number of amidine groups is 1. The molecule has 1 heterocycles. The average Bonchev–Trinajstić information content (AvgIpc) is 2.73. The van der Waals surface area contributed by atoms with Crippen molar-refractivity contribution in [1.82, 2.24) is 0 Å². The lowest BCUT2D eigenvalue weighted by Crippen LogP contribution is -2.52. The average molecular weight is 239 g/mol. The molecule has 1 aliphatic rings. The van der Waals surface area contributed by atoms with Gasteiger partial charge in [-0.1, -0.05) is 25.5 Å². The van der Waals surface area contributed by atoms with Crippen LogP contribution in [0.3, 0.4) is 0 Å². The molecule has 0 bridgehead atoms. The zero-order chi connectivity index (χ0) is 12.6. The largest absolute Gasteiger partial charge is 0.390 e. The van der Waals surface area contributed by atoms with E-state index in [1.165, 1.54) is 18.7 Å². The van der Waals surface area contributed by atoms with Crippen LogP contribution in [0.2, 0.25) is 0 Å². The zero-order valence-corrected chi connectivity index (χ0v) is 11.4. The fourth-order valence-electron chi connectivity index (χ4n) is 2.51. The fraction of sp³-hybridized carbons (Fsp3) is 0.786. The Morgan fingerprint density at radius 2 is 2.06 bits per heavy atom. The molecule has 0 amide bonds. The lowest BCUT2D eigenvalue weighted by Gasteiger charge is -2.32. The number of hydrogen-bond donors (Lipinski definition) is 1. The molecular formula is C14H27N2O+. The van der Waals surface area contributed by atoms with Gasteiger partial charge in [-0.3, -0.25) is 4.48 Å². The van der Waals surface area contributed by atoms with E-state index in [0.717, 1.165) is 43.5 Å². The molecule has 0 saturated carbocycles. The Kier molecular flexibility index (Phi) is 6.45. The first-order chi connectivity index (χ1) is 8.29. The lowest BCUT2D eigenvalue weighted by atomic mass is 10.2. The summed E-state index contributed by atoms with van der Waals surface area (Å²) in [5.74, 6) is 1.29. The monoisotopic (exact) mass is 239 g/mol. The maximum Gasteiger partial charge on any atom is 0.198 e. The van der Waals surface area contributed by atoms with E-state index in [0.29, 0.717) is 0 Å². The van der Waals surface area contributed by atoms with Gasteiger partial charge in [-0.05, 0) is 19.8 Å². The first-order valence-corrected chi connectivity index (χ1v) is 6.95. The summed E-state index contributed by atoms with van der Waals surface area (Å²) >= 11 is 0. The van der Waals surface area contributed by atoms with Crippen molar-refractivity contribution >= 4 is 5.84 Å². The zero-order valence-electron chi connectivity index (χ0n) is 11.4. The number of rotatable bonds is 8. The van der Waals surface area contributed by atoms with Gasteiger partial charge in [0.25, 0.3) is 0 Å². The van der Waals surface area contributed by atoms with Gasteiger partial charge in [0.1, 0.15) is 13.1 Å². The summed E-state index contributed by atoms with van der Waals surface area (Å²) in [5.41, 5.74) is 0. The second-order valence-electron chi connectivity index (χ2n) is 4.73. The van der Waals surface area contributed by atoms with Crippen molar-refractivity contribution in [3.8, 4) is 0 Å². The molecule has 0 aromatic carbocycles. The molecule has 3 heteroatoms. The minimum absolute atomic E-state index is 0.262. The number of quaternary nitrogens is 1. The van der Waals surface area contributed by atoms with Gasteiger partial charge >= 0.3 is 0 Å². The number of aliphatic imine (C=N–C) groups is 1. The van der Waals surface area contributed by atoms with Crippen molar-refractivity contribution in [3.05, 3.63) is 12.2 Å². The molecule has 0 aromatic rings. The van der Waals surface area contributed by atoms with Crippen LogP contribution in [0.4, 0.5) is 0 Å². The molecule has 1 N–H and O–H groups in total. The molecule has 98 valence electrons. The molecule has 0 aliphatic carbocycles. The van der Waals surface area contributed by atoms with Crippen LogP contribution in [0.5, 0.6) is 0 Å². The van der Waals surface area contributed by atoms with E-state index in [1.54, 1.807) is 0 Å². The van der Waals surface area contributed by atoms with E-state index in [9.17, 15) is 5.11 Å². The fourth-order valence-corrected chi connectivity index (χ4v) is 2.51. The van der Waals surface area contributed by atoms with Gasteiger partial charge in [-0.2, -0.15) is 0 Å². The van der Waals surface area contributed by atoms with E-state index in [2.05, 4.69) is 31.0 Å². The Morgan fingerprint density at radius 1 is 1.29 bits per heavy atom. The molecule has 1 unspecified atom stereocenters. The highest BCUT2D eigenvalue weighted by Crippen LogP contribution is 2.18. The molecule has 3 nitrogen and oxygen atoms in total. The van der Waals surface area contributed by atoms with Crippen LogP contribution in [0, 0.1) is 0 Å². The predicted molar refractivity (Wildman–Crippen MR) is 73.2 cm³/mol. The van der Waals surface area contributed by atoms with Crippen molar-refractivity contribution in [1.29, 1.82) is 0 Å². The van der Waals surface area contributed by atoms with Gasteiger partial charge in [-0.15, -0.1) is 0 Å². The van der Waals surface area contributed by atoms with E-state index >= 15 is 0 Å². The number of unbranched alkanes of at least 4 members (excludes halogenated alkanes) is 1. The summed E-state index contributed by atoms with van der Waals surface area (Å²) in [6, 6.07) is 0. The third-order valence-corrected chi connectivity index (χ3v) is 3.66. The normalized spacial score (nSPS) is 24.5. The lowest BCUT2D eigenvalue weighted by molar-refractivity contribution is -0.835. The summed E-state index contributed by atoms with van der Waals surface area (Å²) < 4.78 is 0.915. The van der Waals surface area contributed by atoms with E-state index < -0.39 is 0 Å². The van der Waals surface area contributed by atoms with Crippen LogP contribution in [-0.2, 0) is 0 Å². The number of allylic oxidation sites excluding steroid dienone is 2. The molecule has 0 radical (unpaired) electrons. The number of aliphatic hydroxyl groups excluding tert-OH is 1. The molecule has 1 atom stereocenters. The van der Waals surface area contributed by atoms with Crippen LogP contribution < -0.4 is 0 Å². The molecule has 0 fully saturated rings. The van der Waals surface area contributed by atoms with E-state index in [-0.39, 0.29) is 6.61 Å². The maximum absolute atomic E-state index is 9.20. The highest BCUT2D eigenvalue weighted by Gasteiger charge is 2.35. The quantitative estimate of drug-likeness (QED) is 0.512. The topological polar surface area (TPSA) is 32.6 Å². The molecule has 0 aromatic heterocycles. The summed E-state index contributed by atoms with van der Waals surface area (Å²) in [7, 11) is 0. The first kappa shape index (κ1) is 14.4. The highest BCUT2D eigenvalue weighted by molar-refractivity contribution is 5.77. The van der Waals surface area contributed by atoms with Crippen molar-refractivity contribution in [2.45, 2.75) is 39.5 Å². The first-order valence-electron chi connectivity index (χ1n) is 6.95. The van der Waals surface area contributed by atoms with E-state index in [4.69, 9.17) is 0 Å². The van der Waals surface area contributed by atoms with Crippen molar-refractivity contribution in [2.75, 3.05) is 32.8 Å². The Morgan fingerprint density at radius 3 is 2.71 bits per heavy atom. The Bertz CT molecular complexity index is 273. The van der Waals surface area contributed by atoms with Crippen molar-refractivity contribution in [2.24, 2.45) is 4.99 Å². The smallest absolute Gasteiger partial charge is 0.198 e. The van der Waals surface area contributed by atoms with Gasteiger partial charge in [0.05, 0.1) is 19.7 Å². The number of aliphatic hydroxyl groups is 1. The van der Waals surface area contributed by atoms with Crippen LogP contribution in [0.1, 0.15) is 39.5 Å². The van der Waals surface area contributed by atoms with Gasteiger partial charge in [0.15, 0.2) is 5.84 Å². The second-order valence-corrected chi connectivity index (χ2v) is 4.73. The summed E-state index contributed by atoms with van der Waals surface area (Å²) in [4.78, 5) is 4.64. The van der Waals surface area contributed by atoms with Crippen LogP contribution in [0.15, 0.2) is 17.1 Å². The number of likely N-dealkylation sites (N-methyl/N-ethyl adjacent to an activating group) is 1. The molecule has 1 rings (SSSR count). The van der Waals surface area contributed by atoms with Gasteiger partial charge < -0.3 is 5.11 Å². The molecule has 0 saturated heterocycles. The molecule has 1 aliphatic heterocycles.